The zero-order chi connectivity index (χ0) is 16.5. The predicted octanol–water partition coefficient (Wildman–Crippen LogP) is 4.37. The molecule has 0 spiro atoms. The van der Waals surface area contributed by atoms with Gasteiger partial charge >= 0.3 is 0 Å². The number of aromatic nitrogens is 1. The van der Waals surface area contributed by atoms with E-state index in [9.17, 15) is 0 Å². The standard InChI is InChI=1S/C17H20ClN3O2/c1-3-9-23-17-14(18)10-13(11-15(17)22-4-2)12-20-21-16-7-5-6-8-19-16/h5-8,10-12H,3-4,9H2,1-2H3,(H,19,21)/b20-12+. The summed E-state index contributed by atoms with van der Waals surface area (Å²) in [7, 11) is 0. The number of benzene rings is 1. The van der Waals surface area contributed by atoms with Crippen LogP contribution < -0.4 is 14.9 Å². The summed E-state index contributed by atoms with van der Waals surface area (Å²) < 4.78 is 11.3. The Morgan fingerprint density at radius 1 is 1.26 bits per heavy atom. The molecule has 0 radical (unpaired) electrons. The van der Waals surface area contributed by atoms with Crippen LogP contribution in [0.1, 0.15) is 25.8 Å². The third-order valence-electron chi connectivity index (χ3n) is 2.84. The van der Waals surface area contributed by atoms with Crippen LogP contribution in [-0.2, 0) is 0 Å². The Bertz CT molecular complexity index is 648. The molecule has 5 nitrogen and oxygen atoms in total. The molecule has 0 aliphatic heterocycles. The highest BCUT2D eigenvalue weighted by Gasteiger charge is 2.11. The zero-order valence-electron chi connectivity index (χ0n) is 13.3. The van der Waals surface area contributed by atoms with Crippen molar-refractivity contribution in [2.75, 3.05) is 18.6 Å². The maximum atomic E-state index is 6.30. The second kappa shape index (κ2) is 9.00. The number of ether oxygens (including phenoxy) is 2. The van der Waals surface area contributed by atoms with Crippen LogP contribution in [0.3, 0.4) is 0 Å². The van der Waals surface area contributed by atoms with Gasteiger partial charge in [0.15, 0.2) is 11.5 Å². The molecule has 0 aliphatic rings. The third-order valence-corrected chi connectivity index (χ3v) is 3.12. The van der Waals surface area contributed by atoms with Gasteiger partial charge in [0.2, 0.25) is 0 Å². The van der Waals surface area contributed by atoms with E-state index in [1.54, 1.807) is 18.5 Å². The summed E-state index contributed by atoms with van der Waals surface area (Å²) in [6.45, 7) is 5.08. The van der Waals surface area contributed by atoms with Gasteiger partial charge in [-0.1, -0.05) is 24.6 Å². The van der Waals surface area contributed by atoms with E-state index in [-0.39, 0.29) is 0 Å². The zero-order valence-corrected chi connectivity index (χ0v) is 14.0. The van der Waals surface area contributed by atoms with Crippen molar-refractivity contribution >= 4 is 23.6 Å². The van der Waals surface area contributed by atoms with Crippen molar-refractivity contribution < 1.29 is 9.47 Å². The van der Waals surface area contributed by atoms with Crippen LogP contribution >= 0.6 is 11.6 Å². The van der Waals surface area contributed by atoms with Crippen LogP contribution in [0.5, 0.6) is 11.5 Å². The molecule has 0 fully saturated rings. The number of pyridine rings is 1. The Labute approximate surface area is 141 Å². The average molecular weight is 334 g/mol. The lowest BCUT2D eigenvalue weighted by molar-refractivity contribution is 0.277. The molecule has 0 unspecified atom stereocenters. The van der Waals surface area contributed by atoms with Crippen molar-refractivity contribution in [1.29, 1.82) is 0 Å². The molecule has 1 aromatic carbocycles. The fourth-order valence-corrected chi connectivity index (χ4v) is 2.15. The van der Waals surface area contributed by atoms with Crippen LogP contribution in [0, 0.1) is 0 Å². The molecule has 23 heavy (non-hydrogen) atoms. The minimum atomic E-state index is 0.503. The number of nitrogens with one attached hydrogen (secondary N) is 1. The molecule has 1 aromatic heterocycles. The molecule has 1 heterocycles. The molecular formula is C17H20ClN3O2. The van der Waals surface area contributed by atoms with E-state index in [2.05, 4.69) is 15.5 Å². The van der Waals surface area contributed by atoms with E-state index in [1.807, 2.05) is 38.1 Å². The lowest BCUT2D eigenvalue weighted by Gasteiger charge is -2.13. The fraction of sp³-hybridized carbons (Fsp3) is 0.294. The van der Waals surface area contributed by atoms with Gasteiger partial charge in [0.1, 0.15) is 5.82 Å². The molecule has 6 heteroatoms. The molecular weight excluding hydrogens is 314 g/mol. The quantitative estimate of drug-likeness (QED) is 0.575. The SMILES string of the molecule is CCCOc1c(Cl)cc(/C=N/Nc2ccccn2)cc1OCC. The van der Waals surface area contributed by atoms with E-state index < -0.39 is 0 Å². The summed E-state index contributed by atoms with van der Waals surface area (Å²) in [4.78, 5) is 4.13. The summed E-state index contributed by atoms with van der Waals surface area (Å²) in [5.41, 5.74) is 3.67. The van der Waals surface area contributed by atoms with Gasteiger partial charge in [-0.3, -0.25) is 5.43 Å². The molecule has 0 saturated carbocycles. The Hall–Kier alpha value is -2.27. The number of hydrazone groups is 1. The van der Waals surface area contributed by atoms with Crippen LogP contribution in [0.4, 0.5) is 5.82 Å². The number of rotatable bonds is 8. The molecule has 0 bridgehead atoms. The first kappa shape index (κ1) is 17.1. The van der Waals surface area contributed by atoms with Crippen molar-refractivity contribution in [2.24, 2.45) is 5.10 Å². The number of nitrogens with zero attached hydrogens (tertiary/aromatic N) is 2. The second-order valence-electron chi connectivity index (χ2n) is 4.70. The van der Waals surface area contributed by atoms with Gasteiger partial charge in [-0.25, -0.2) is 4.98 Å². The van der Waals surface area contributed by atoms with Crippen molar-refractivity contribution in [1.82, 2.24) is 4.98 Å². The highest BCUT2D eigenvalue weighted by molar-refractivity contribution is 6.32. The lowest BCUT2D eigenvalue weighted by atomic mass is 10.2. The smallest absolute Gasteiger partial charge is 0.179 e. The Morgan fingerprint density at radius 2 is 2.13 bits per heavy atom. The van der Waals surface area contributed by atoms with E-state index in [0.29, 0.717) is 35.6 Å². The Morgan fingerprint density at radius 3 is 2.83 bits per heavy atom. The molecule has 2 aromatic rings. The minimum Gasteiger partial charge on any atom is -0.490 e. The van der Waals surface area contributed by atoms with E-state index >= 15 is 0 Å². The fourth-order valence-electron chi connectivity index (χ4n) is 1.87. The second-order valence-corrected chi connectivity index (χ2v) is 5.10. The molecule has 0 amide bonds. The summed E-state index contributed by atoms with van der Waals surface area (Å²) in [6.07, 6.45) is 4.26. The topological polar surface area (TPSA) is 55.7 Å². The summed E-state index contributed by atoms with van der Waals surface area (Å²) in [5, 5.41) is 4.66. The van der Waals surface area contributed by atoms with Gasteiger partial charge < -0.3 is 9.47 Å². The van der Waals surface area contributed by atoms with Crippen LogP contribution in [0.2, 0.25) is 5.02 Å². The first-order chi connectivity index (χ1) is 11.2. The summed E-state index contributed by atoms with van der Waals surface area (Å²) >= 11 is 6.30. The van der Waals surface area contributed by atoms with Gasteiger partial charge in [0.05, 0.1) is 24.5 Å². The van der Waals surface area contributed by atoms with E-state index in [0.717, 1.165) is 12.0 Å². The molecule has 0 aliphatic carbocycles. The van der Waals surface area contributed by atoms with Crippen LogP contribution in [-0.4, -0.2) is 24.4 Å². The molecule has 0 saturated heterocycles. The van der Waals surface area contributed by atoms with Crippen molar-refractivity contribution in [3.05, 3.63) is 47.1 Å². The monoisotopic (exact) mass is 333 g/mol. The maximum Gasteiger partial charge on any atom is 0.179 e. The number of anilines is 1. The predicted molar refractivity (Wildman–Crippen MR) is 93.9 cm³/mol. The van der Waals surface area contributed by atoms with Gasteiger partial charge in [-0.2, -0.15) is 5.10 Å². The maximum absolute atomic E-state index is 6.30. The Balaban J connectivity index is 2.15. The number of hydrogen-bond donors (Lipinski definition) is 1. The van der Waals surface area contributed by atoms with E-state index in [1.165, 1.54) is 0 Å². The number of halogens is 1. The van der Waals surface area contributed by atoms with Crippen LogP contribution in [0.25, 0.3) is 0 Å². The highest BCUT2D eigenvalue weighted by atomic mass is 35.5. The molecule has 1 N–H and O–H groups in total. The first-order valence-electron chi connectivity index (χ1n) is 7.53. The lowest BCUT2D eigenvalue weighted by Crippen LogP contribution is -2.02. The Kier molecular flexibility index (Phi) is 6.69. The summed E-state index contributed by atoms with van der Waals surface area (Å²) in [6, 6.07) is 9.20. The minimum absolute atomic E-state index is 0.503. The van der Waals surface area contributed by atoms with Crippen molar-refractivity contribution in [2.45, 2.75) is 20.3 Å². The number of hydrogen-bond acceptors (Lipinski definition) is 5. The molecule has 122 valence electrons. The van der Waals surface area contributed by atoms with Crippen molar-refractivity contribution in [3.8, 4) is 11.5 Å². The first-order valence-corrected chi connectivity index (χ1v) is 7.91. The van der Waals surface area contributed by atoms with Gasteiger partial charge in [0.25, 0.3) is 0 Å². The third kappa shape index (κ3) is 5.14. The van der Waals surface area contributed by atoms with E-state index in [4.69, 9.17) is 21.1 Å². The van der Waals surface area contributed by atoms with Gasteiger partial charge in [0, 0.05) is 6.20 Å². The normalized spacial score (nSPS) is 10.7. The van der Waals surface area contributed by atoms with Gasteiger partial charge in [-0.05, 0) is 43.2 Å². The average Bonchev–Trinajstić information content (AvgIpc) is 2.55. The largest absolute Gasteiger partial charge is 0.490 e. The van der Waals surface area contributed by atoms with Gasteiger partial charge in [-0.15, -0.1) is 0 Å². The highest BCUT2D eigenvalue weighted by Crippen LogP contribution is 2.36. The van der Waals surface area contributed by atoms with Crippen molar-refractivity contribution in [3.63, 3.8) is 0 Å². The molecule has 2 rings (SSSR count). The summed E-state index contributed by atoms with van der Waals surface area (Å²) in [5.74, 6) is 1.86. The molecule has 0 atom stereocenters. The van der Waals surface area contributed by atoms with Crippen LogP contribution in [0.15, 0.2) is 41.6 Å².